The maximum absolute atomic E-state index is 5.60. The first kappa shape index (κ1) is 31.1. The predicted molar refractivity (Wildman–Crippen MR) is 134 cm³/mol. The van der Waals surface area contributed by atoms with Crippen molar-refractivity contribution in [2.24, 2.45) is 0 Å². The van der Waals surface area contributed by atoms with E-state index in [0.29, 0.717) is 0 Å². The van der Waals surface area contributed by atoms with Crippen LogP contribution in [0, 0.1) is 0 Å². The van der Waals surface area contributed by atoms with Crippen LogP contribution in [0.1, 0.15) is 136 Å². The largest absolute Gasteiger partial charge is 0.188 e. The van der Waals surface area contributed by atoms with Crippen LogP contribution >= 0.6 is 0 Å². The molecule has 0 heterocycles. The van der Waals surface area contributed by atoms with Crippen LogP contribution in [-0.4, -0.2) is 42.6 Å². The molecular weight excluding hydrogens is 402 g/mol. The van der Waals surface area contributed by atoms with Gasteiger partial charge in [0.15, 0.2) is 6.04 Å². The van der Waals surface area contributed by atoms with Gasteiger partial charge in [-0.3, -0.25) is 0 Å². The molecule has 0 aliphatic rings. The summed E-state index contributed by atoms with van der Waals surface area (Å²) in [4.78, 5) is 16.6. The number of hydrogen-bond donors (Lipinski definition) is 0. The van der Waals surface area contributed by atoms with E-state index in [9.17, 15) is 0 Å². The Bertz CT molecular complexity index is 375. The molecule has 4 nitrogen and oxygen atoms in total. The highest BCUT2D eigenvalue weighted by atomic mass is 28.1. The zero-order valence-corrected chi connectivity index (χ0v) is 23.0. The summed E-state index contributed by atoms with van der Waals surface area (Å²) < 4.78 is 0. The van der Waals surface area contributed by atoms with E-state index in [1.807, 2.05) is 0 Å². The average molecular weight is 458 g/mol. The highest BCUT2D eigenvalue weighted by Gasteiger charge is 2.43. The fourth-order valence-electron chi connectivity index (χ4n) is 4.56. The van der Waals surface area contributed by atoms with Gasteiger partial charge in [-0.05, 0) is 11.5 Å². The minimum absolute atomic E-state index is 0.0127. The summed E-state index contributed by atoms with van der Waals surface area (Å²) in [6, 6.07) is 0.138. The molecule has 1 atom stereocenters. The quantitative estimate of drug-likeness (QED) is 0.0668. The maximum atomic E-state index is 5.60. The van der Waals surface area contributed by atoms with E-state index in [0.717, 1.165) is 12.8 Å². The molecule has 0 aromatic carbocycles. The molecule has 0 saturated heterocycles. The van der Waals surface area contributed by atoms with Gasteiger partial charge in [0.1, 0.15) is 21.3 Å². The molecule has 3 radical (unpaired) electrons. The maximum Gasteiger partial charge on any atom is 0.188 e. The van der Waals surface area contributed by atoms with E-state index < -0.39 is 0 Å². The van der Waals surface area contributed by atoms with Crippen molar-refractivity contribution < 1.29 is 19.5 Å². The smallest absolute Gasteiger partial charge is 0.135 e. The van der Waals surface area contributed by atoms with Crippen LogP contribution in [0.5, 0.6) is 0 Å². The van der Waals surface area contributed by atoms with Crippen molar-refractivity contribution in [2.45, 2.75) is 147 Å². The van der Waals surface area contributed by atoms with Gasteiger partial charge < -0.3 is 0 Å². The summed E-state index contributed by atoms with van der Waals surface area (Å²) in [6.07, 6.45) is 24.2. The Kier molecular flexibility index (Phi) is 19.6. The van der Waals surface area contributed by atoms with E-state index in [1.165, 1.54) is 103 Å². The molecule has 0 rings (SSSR count). The van der Waals surface area contributed by atoms with Crippen LogP contribution in [-0.2, 0) is 14.5 Å². The number of hydrogen-bond acceptors (Lipinski definition) is 3. The van der Waals surface area contributed by atoms with Crippen LogP contribution in [0.2, 0.25) is 5.04 Å². The van der Waals surface area contributed by atoms with E-state index in [-0.39, 0.29) is 16.1 Å². The predicted octanol–water partition coefficient (Wildman–Crippen LogP) is 8.26. The molecule has 31 heavy (non-hydrogen) atoms. The van der Waals surface area contributed by atoms with Gasteiger partial charge in [-0.25, -0.2) is 0 Å². The van der Waals surface area contributed by atoms with E-state index >= 15 is 0 Å². The van der Waals surface area contributed by atoms with Gasteiger partial charge in [-0.15, -0.1) is 14.5 Å². The topological polar surface area (TPSA) is 27.7 Å². The summed E-state index contributed by atoms with van der Waals surface area (Å²) >= 11 is 0. The number of hydroxylamine groups is 3. The molecule has 0 aliphatic heterocycles. The van der Waals surface area contributed by atoms with Crippen molar-refractivity contribution in [3.63, 3.8) is 0 Å². The zero-order valence-electron chi connectivity index (χ0n) is 22.0. The zero-order chi connectivity index (χ0) is 23.4. The number of quaternary nitrogens is 1. The molecule has 5 heteroatoms. The van der Waals surface area contributed by atoms with Crippen molar-refractivity contribution in [2.75, 3.05) is 21.3 Å². The Hall–Kier alpha value is 0.0569. The molecule has 0 fully saturated rings. The van der Waals surface area contributed by atoms with Crippen molar-refractivity contribution in [3.05, 3.63) is 0 Å². The summed E-state index contributed by atoms with van der Waals surface area (Å²) in [7, 11) is 8.77. The van der Waals surface area contributed by atoms with Gasteiger partial charge in [0.05, 0.1) is 4.97 Å². The van der Waals surface area contributed by atoms with Gasteiger partial charge >= 0.3 is 0 Å². The third kappa shape index (κ3) is 16.3. The monoisotopic (exact) mass is 457 g/mol. The van der Waals surface area contributed by atoms with Gasteiger partial charge in [-0.2, -0.15) is 0 Å². The van der Waals surface area contributed by atoms with Gasteiger partial charge in [0.2, 0.25) is 0 Å². The van der Waals surface area contributed by atoms with Gasteiger partial charge in [-0.1, -0.05) is 117 Å². The molecule has 0 aliphatic carbocycles. The van der Waals surface area contributed by atoms with Crippen molar-refractivity contribution in [3.8, 4) is 0 Å². The summed E-state index contributed by atoms with van der Waals surface area (Å²) in [6.45, 7) is 6.65. The van der Waals surface area contributed by atoms with Crippen molar-refractivity contribution >= 4 is 10.2 Å². The Morgan fingerprint density at radius 3 is 1.23 bits per heavy atom. The lowest BCUT2D eigenvalue weighted by Crippen LogP contribution is -2.53. The molecule has 0 aromatic heterocycles. The van der Waals surface area contributed by atoms with Gasteiger partial charge in [0, 0.05) is 23.1 Å². The van der Waals surface area contributed by atoms with Crippen LogP contribution in [0.3, 0.4) is 0 Å². The average Bonchev–Trinajstić information content (AvgIpc) is 2.73. The first-order valence-electron chi connectivity index (χ1n) is 13.2. The van der Waals surface area contributed by atoms with E-state index in [1.54, 1.807) is 21.3 Å². The number of unbranched alkanes of at least 4 members (excludes halogenated alkanes) is 15. The normalized spacial score (nSPS) is 13.6. The van der Waals surface area contributed by atoms with Crippen LogP contribution in [0.25, 0.3) is 0 Å². The van der Waals surface area contributed by atoms with Crippen LogP contribution in [0.15, 0.2) is 0 Å². The first-order chi connectivity index (χ1) is 14.8. The molecule has 185 valence electrons. The Morgan fingerprint density at radius 1 is 0.613 bits per heavy atom. The summed E-state index contributed by atoms with van der Waals surface area (Å²) in [5, 5.41) is 0.0127. The fraction of sp³-hybridized carbons (Fsp3) is 1.00. The minimum Gasteiger partial charge on any atom is -0.135 e. The molecular formula is C26H55NO3Si+. The van der Waals surface area contributed by atoms with E-state index in [4.69, 9.17) is 14.5 Å². The second kappa shape index (κ2) is 19.5. The summed E-state index contributed by atoms with van der Waals surface area (Å²) in [5.41, 5.74) is 0. The highest BCUT2D eigenvalue weighted by molar-refractivity contribution is 6.14. The lowest BCUT2D eigenvalue weighted by molar-refractivity contribution is -1.37. The molecule has 0 aromatic rings. The van der Waals surface area contributed by atoms with Crippen molar-refractivity contribution in [1.82, 2.24) is 0 Å². The second-order valence-corrected chi connectivity index (χ2v) is 11.3. The molecule has 0 saturated carbocycles. The Morgan fingerprint density at radius 2 is 0.935 bits per heavy atom. The molecule has 0 bridgehead atoms. The first-order valence-corrected chi connectivity index (χ1v) is 13.7. The highest BCUT2D eigenvalue weighted by Crippen LogP contribution is 2.34. The van der Waals surface area contributed by atoms with Crippen molar-refractivity contribution in [1.29, 1.82) is 0 Å². The Labute approximate surface area is 198 Å². The third-order valence-electron chi connectivity index (χ3n) is 6.35. The lowest BCUT2D eigenvalue weighted by atomic mass is 9.97. The minimum atomic E-state index is -0.202. The fourth-order valence-corrected chi connectivity index (χ4v) is 4.80. The SMILES string of the molecule is CCCCCCCCCCCCCCCCCCC(CC(C)(C)[Si])[N+](OC)(OC)OC. The lowest BCUT2D eigenvalue weighted by Gasteiger charge is -2.35. The molecule has 0 amide bonds. The van der Waals surface area contributed by atoms with E-state index in [2.05, 4.69) is 31.0 Å². The molecule has 0 N–H and O–H groups in total. The molecule has 1 unspecified atom stereocenters. The van der Waals surface area contributed by atoms with Gasteiger partial charge in [0.25, 0.3) is 0 Å². The third-order valence-corrected chi connectivity index (χ3v) is 6.55. The van der Waals surface area contributed by atoms with Crippen LogP contribution in [0.4, 0.5) is 0 Å². The Balaban J connectivity index is 3.78. The summed E-state index contributed by atoms with van der Waals surface area (Å²) in [5.74, 6) is 0. The standard InChI is InChI=1S/C26H55NO3Si/c1-7-8-9-10-11-12-13-14-15-16-17-18-19-20-21-22-23-25(24-26(2,3)31)27(28-4,29-5)30-6/h25H,7-24H2,1-6H3/q+1. The second-order valence-electron chi connectivity index (χ2n) is 9.92. The molecule has 0 spiro atoms. The van der Waals surface area contributed by atoms with Crippen LogP contribution < -0.4 is 0 Å². The number of rotatable bonds is 23. The number of nitrogens with zero attached hydrogens (tertiary/aromatic N) is 1.